The molecule has 1 aromatic heterocycles. The van der Waals surface area contributed by atoms with Crippen LogP contribution in [0.1, 0.15) is 29.6 Å². The second kappa shape index (κ2) is 8.48. The molecule has 9 heteroatoms. The average molecular weight is 411 g/mol. The van der Waals surface area contributed by atoms with Crippen molar-refractivity contribution in [2.75, 3.05) is 23.7 Å². The highest BCUT2D eigenvalue weighted by Gasteiger charge is 2.29. The van der Waals surface area contributed by atoms with E-state index in [9.17, 15) is 14.0 Å². The maximum Gasteiger partial charge on any atom is 0.255 e. The Labute approximate surface area is 173 Å². The number of aromatic nitrogens is 2. The number of amides is 2. The predicted molar refractivity (Wildman–Crippen MR) is 109 cm³/mol. The molecule has 1 aromatic carbocycles. The Morgan fingerprint density at radius 2 is 2.00 bits per heavy atom. The van der Waals surface area contributed by atoms with Gasteiger partial charge in [-0.15, -0.1) is 0 Å². The third kappa shape index (κ3) is 4.73. The molecule has 30 heavy (non-hydrogen) atoms. The zero-order valence-electron chi connectivity index (χ0n) is 16.3. The summed E-state index contributed by atoms with van der Waals surface area (Å²) in [5.74, 6) is -0.739. The minimum atomic E-state index is -0.580. The molecule has 2 aromatic rings. The van der Waals surface area contributed by atoms with Crippen LogP contribution in [-0.4, -0.2) is 51.9 Å². The van der Waals surface area contributed by atoms with Crippen molar-refractivity contribution in [1.82, 2.24) is 14.9 Å². The lowest BCUT2D eigenvalue weighted by atomic mass is 10.2. The molecule has 1 saturated carbocycles. The molecule has 4 rings (SSSR count). The first-order valence-corrected chi connectivity index (χ1v) is 9.80. The van der Waals surface area contributed by atoms with E-state index in [1.54, 1.807) is 29.2 Å². The SMILES string of the molecule is C=CC(=O)Nc1ccc(C(=O)N2CCC(Nc3ncc(F)c(OC4CC4)n3)C2)cc1. The molecule has 0 spiro atoms. The van der Waals surface area contributed by atoms with Crippen LogP contribution in [0.25, 0.3) is 0 Å². The normalized spacial score (nSPS) is 18.0. The number of anilines is 2. The van der Waals surface area contributed by atoms with Crippen molar-refractivity contribution in [1.29, 1.82) is 0 Å². The smallest absolute Gasteiger partial charge is 0.255 e. The molecule has 2 heterocycles. The molecule has 2 N–H and O–H groups in total. The number of benzene rings is 1. The summed E-state index contributed by atoms with van der Waals surface area (Å²) in [4.78, 5) is 33.9. The van der Waals surface area contributed by atoms with E-state index in [1.807, 2.05) is 0 Å². The number of hydrogen-bond donors (Lipinski definition) is 2. The molecule has 0 radical (unpaired) electrons. The second-order valence-corrected chi connectivity index (χ2v) is 7.32. The highest BCUT2D eigenvalue weighted by atomic mass is 19.1. The molecule has 1 saturated heterocycles. The lowest BCUT2D eigenvalue weighted by Gasteiger charge is -2.17. The van der Waals surface area contributed by atoms with Gasteiger partial charge in [-0.05, 0) is 49.6 Å². The summed E-state index contributed by atoms with van der Waals surface area (Å²) >= 11 is 0. The number of ether oxygens (including phenoxy) is 1. The largest absolute Gasteiger partial charge is 0.472 e. The van der Waals surface area contributed by atoms with Crippen LogP contribution < -0.4 is 15.4 Å². The highest BCUT2D eigenvalue weighted by Crippen LogP contribution is 2.27. The van der Waals surface area contributed by atoms with Gasteiger partial charge in [-0.3, -0.25) is 9.59 Å². The van der Waals surface area contributed by atoms with Crippen LogP contribution in [0.2, 0.25) is 0 Å². The molecule has 2 fully saturated rings. The van der Waals surface area contributed by atoms with E-state index >= 15 is 0 Å². The van der Waals surface area contributed by atoms with E-state index in [1.165, 1.54) is 6.08 Å². The van der Waals surface area contributed by atoms with Gasteiger partial charge in [-0.2, -0.15) is 9.37 Å². The fourth-order valence-corrected chi connectivity index (χ4v) is 3.16. The van der Waals surface area contributed by atoms with Crippen molar-refractivity contribution in [2.24, 2.45) is 0 Å². The minimum Gasteiger partial charge on any atom is -0.472 e. The van der Waals surface area contributed by atoms with Crippen molar-refractivity contribution in [3.63, 3.8) is 0 Å². The maximum absolute atomic E-state index is 13.8. The molecule has 1 aliphatic carbocycles. The molecular weight excluding hydrogens is 389 g/mol. The molecule has 2 amide bonds. The number of carbonyl (C=O) groups is 2. The van der Waals surface area contributed by atoms with Crippen molar-refractivity contribution in [2.45, 2.75) is 31.4 Å². The fraction of sp³-hybridized carbons (Fsp3) is 0.333. The van der Waals surface area contributed by atoms with Crippen LogP contribution >= 0.6 is 0 Å². The summed E-state index contributed by atoms with van der Waals surface area (Å²) in [5.41, 5.74) is 1.13. The first kappa shape index (κ1) is 19.8. The number of rotatable bonds is 7. The van der Waals surface area contributed by atoms with Crippen molar-refractivity contribution < 1.29 is 18.7 Å². The Morgan fingerprint density at radius 1 is 1.23 bits per heavy atom. The molecule has 1 unspecified atom stereocenters. The van der Waals surface area contributed by atoms with Crippen LogP contribution in [0.15, 0.2) is 43.1 Å². The Hall–Kier alpha value is -3.49. The number of carbonyl (C=O) groups excluding carboxylic acids is 2. The number of likely N-dealkylation sites (tertiary alicyclic amines) is 1. The van der Waals surface area contributed by atoms with Crippen LogP contribution in [0.3, 0.4) is 0 Å². The Bertz CT molecular complexity index is 962. The number of nitrogens with zero attached hydrogens (tertiary/aromatic N) is 3. The summed E-state index contributed by atoms with van der Waals surface area (Å²) in [7, 11) is 0. The van der Waals surface area contributed by atoms with Gasteiger partial charge in [0.25, 0.3) is 11.8 Å². The molecule has 0 bridgehead atoms. The van der Waals surface area contributed by atoms with Gasteiger partial charge in [0.2, 0.25) is 17.7 Å². The lowest BCUT2D eigenvalue weighted by molar-refractivity contribution is -0.111. The predicted octanol–water partition coefficient (Wildman–Crippen LogP) is 2.61. The monoisotopic (exact) mass is 411 g/mol. The number of hydrogen-bond acceptors (Lipinski definition) is 6. The zero-order chi connectivity index (χ0) is 21.1. The first-order chi connectivity index (χ1) is 14.5. The molecule has 2 aliphatic rings. The second-order valence-electron chi connectivity index (χ2n) is 7.32. The van der Waals surface area contributed by atoms with Crippen LogP contribution in [-0.2, 0) is 4.79 Å². The summed E-state index contributed by atoms with van der Waals surface area (Å²) < 4.78 is 19.2. The summed E-state index contributed by atoms with van der Waals surface area (Å²) in [6.45, 7) is 4.46. The number of halogens is 1. The summed E-state index contributed by atoms with van der Waals surface area (Å²) in [5, 5.41) is 5.80. The molecule has 8 nitrogen and oxygen atoms in total. The average Bonchev–Trinajstić information content (AvgIpc) is 3.45. The van der Waals surface area contributed by atoms with Crippen LogP contribution in [0.4, 0.5) is 16.0 Å². The number of nitrogens with one attached hydrogen (secondary N) is 2. The fourth-order valence-electron chi connectivity index (χ4n) is 3.16. The highest BCUT2D eigenvalue weighted by molar-refractivity contribution is 5.99. The molecule has 1 aliphatic heterocycles. The topological polar surface area (TPSA) is 96.5 Å². The molecule has 156 valence electrons. The van der Waals surface area contributed by atoms with Gasteiger partial charge in [-0.1, -0.05) is 6.58 Å². The van der Waals surface area contributed by atoms with Gasteiger partial charge in [0.15, 0.2) is 0 Å². The quantitative estimate of drug-likeness (QED) is 0.680. The molecular formula is C21H22FN5O3. The molecule has 1 atom stereocenters. The first-order valence-electron chi connectivity index (χ1n) is 9.80. The Morgan fingerprint density at radius 3 is 2.70 bits per heavy atom. The third-order valence-corrected chi connectivity index (χ3v) is 4.91. The summed E-state index contributed by atoms with van der Waals surface area (Å²) in [6, 6.07) is 6.65. The third-order valence-electron chi connectivity index (χ3n) is 4.91. The maximum atomic E-state index is 13.8. The van der Waals surface area contributed by atoms with Gasteiger partial charge >= 0.3 is 0 Å². The standard InChI is InChI=1S/C21H22FN5O3/c1-2-18(28)24-14-5-3-13(4-6-14)20(29)27-10-9-15(12-27)25-21-23-11-17(22)19(26-21)30-16-7-8-16/h2-6,11,15-16H,1,7-10,12H2,(H,24,28)(H,23,25,26). The lowest BCUT2D eigenvalue weighted by Crippen LogP contribution is -2.31. The van der Waals surface area contributed by atoms with E-state index in [0.29, 0.717) is 24.3 Å². The van der Waals surface area contributed by atoms with Gasteiger partial charge in [0.1, 0.15) is 6.10 Å². The van der Waals surface area contributed by atoms with E-state index in [0.717, 1.165) is 25.5 Å². The minimum absolute atomic E-state index is 0.0374. The Balaban J connectivity index is 1.34. The van der Waals surface area contributed by atoms with Gasteiger partial charge < -0.3 is 20.3 Å². The van der Waals surface area contributed by atoms with Crippen molar-refractivity contribution >= 4 is 23.5 Å². The van der Waals surface area contributed by atoms with Crippen LogP contribution in [0, 0.1) is 5.82 Å². The summed E-state index contributed by atoms with van der Waals surface area (Å²) in [6.07, 6.45) is 4.86. The van der Waals surface area contributed by atoms with E-state index in [4.69, 9.17) is 4.74 Å². The van der Waals surface area contributed by atoms with Crippen LogP contribution in [0.5, 0.6) is 5.88 Å². The van der Waals surface area contributed by atoms with E-state index in [-0.39, 0.29) is 35.8 Å². The van der Waals surface area contributed by atoms with Gasteiger partial charge in [0.05, 0.1) is 6.20 Å². The van der Waals surface area contributed by atoms with Gasteiger partial charge in [0, 0.05) is 30.4 Å². The van der Waals surface area contributed by atoms with Gasteiger partial charge in [-0.25, -0.2) is 4.98 Å². The zero-order valence-corrected chi connectivity index (χ0v) is 16.3. The van der Waals surface area contributed by atoms with Crippen molar-refractivity contribution in [3.05, 3.63) is 54.5 Å². The van der Waals surface area contributed by atoms with E-state index in [2.05, 4.69) is 27.2 Å². The van der Waals surface area contributed by atoms with E-state index < -0.39 is 5.82 Å². The van der Waals surface area contributed by atoms with Crippen molar-refractivity contribution in [3.8, 4) is 5.88 Å². The Kier molecular flexibility index (Phi) is 5.60.